The van der Waals surface area contributed by atoms with Crippen LogP contribution in [0.4, 0.5) is 19.0 Å². The molecule has 1 atom stereocenters. The molecule has 0 aliphatic heterocycles. The zero-order valence-electron chi connectivity index (χ0n) is 11.5. The Morgan fingerprint density at radius 1 is 1.40 bits per heavy atom. The maximum Gasteiger partial charge on any atom is 0.433 e. The van der Waals surface area contributed by atoms with Crippen molar-refractivity contribution in [2.24, 2.45) is 5.92 Å². The number of hydrogen-bond acceptors (Lipinski definition) is 3. The fourth-order valence-corrected chi connectivity index (χ4v) is 1.82. The highest BCUT2D eigenvalue weighted by atomic mass is 19.4. The van der Waals surface area contributed by atoms with Crippen LogP contribution < -0.4 is 5.32 Å². The molecule has 1 unspecified atom stereocenters. The third kappa shape index (κ3) is 3.85. The van der Waals surface area contributed by atoms with Gasteiger partial charge in [-0.3, -0.25) is 0 Å². The highest BCUT2D eigenvalue weighted by Gasteiger charge is 2.33. The average Bonchev–Trinajstić information content (AvgIpc) is 2.33. The fraction of sp³-hybridized carbons (Fsp3) is 0.538. The maximum absolute atomic E-state index is 12.6. The van der Waals surface area contributed by atoms with Crippen LogP contribution in [0.15, 0.2) is 12.1 Å². The number of halogens is 3. The van der Waals surface area contributed by atoms with Crippen molar-refractivity contribution in [3.05, 3.63) is 23.4 Å². The number of nitrogens with one attached hydrogen (secondary N) is 1. The van der Waals surface area contributed by atoms with Crippen molar-refractivity contribution < 1.29 is 23.1 Å². The lowest BCUT2D eigenvalue weighted by molar-refractivity contribution is -0.141. The van der Waals surface area contributed by atoms with Crippen LogP contribution in [0, 0.1) is 5.92 Å². The van der Waals surface area contributed by atoms with E-state index in [-0.39, 0.29) is 23.3 Å². The quantitative estimate of drug-likeness (QED) is 0.869. The molecule has 0 bridgehead atoms. The number of anilines is 1. The molecule has 0 spiro atoms. The summed E-state index contributed by atoms with van der Waals surface area (Å²) in [6, 6.07) is 1.45. The van der Waals surface area contributed by atoms with Crippen molar-refractivity contribution in [2.45, 2.75) is 39.4 Å². The Balaban J connectivity index is 3.22. The van der Waals surface area contributed by atoms with Crippen LogP contribution in [0.1, 0.15) is 43.2 Å². The summed E-state index contributed by atoms with van der Waals surface area (Å²) in [5.74, 6) is -1.42. The predicted molar refractivity (Wildman–Crippen MR) is 68.7 cm³/mol. The number of hydrogen-bond donors (Lipinski definition) is 2. The van der Waals surface area contributed by atoms with E-state index < -0.39 is 17.8 Å². The summed E-state index contributed by atoms with van der Waals surface area (Å²) in [6.45, 7) is 5.66. The first-order valence-corrected chi connectivity index (χ1v) is 6.24. The second kappa shape index (κ2) is 6.11. The Hall–Kier alpha value is -1.79. The molecule has 0 amide bonds. The van der Waals surface area contributed by atoms with E-state index >= 15 is 0 Å². The van der Waals surface area contributed by atoms with Gasteiger partial charge in [-0.15, -0.1) is 0 Å². The molecular weight excluding hydrogens is 273 g/mol. The van der Waals surface area contributed by atoms with Crippen molar-refractivity contribution >= 4 is 11.8 Å². The normalized spacial score (nSPS) is 13.3. The van der Waals surface area contributed by atoms with Gasteiger partial charge >= 0.3 is 12.1 Å². The molecule has 0 saturated heterocycles. The van der Waals surface area contributed by atoms with Gasteiger partial charge < -0.3 is 10.4 Å². The Kier molecular flexibility index (Phi) is 4.97. The lowest BCUT2D eigenvalue weighted by atomic mass is 10.0. The van der Waals surface area contributed by atoms with Crippen LogP contribution in [0.3, 0.4) is 0 Å². The largest absolute Gasteiger partial charge is 0.478 e. The minimum absolute atomic E-state index is 0.137. The summed E-state index contributed by atoms with van der Waals surface area (Å²) in [7, 11) is 0. The highest BCUT2D eigenvalue weighted by Crippen LogP contribution is 2.30. The average molecular weight is 290 g/mol. The third-order valence-electron chi connectivity index (χ3n) is 2.98. The molecule has 0 radical (unpaired) electrons. The van der Waals surface area contributed by atoms with Crippen molar-refractivity contribution in [3.8, 4) is 0 Å². The number of pyridine rings is 1. The van der Waals surface area contributed by atoms with Crippen molar-refractivity contribution in [1.82, 2.24) is 4.98 Å². The molecule has 1 rings (SSSR count). The molecule has 112 valence electrons. The van der Waals surface area contributed by atoms with Gasteiger partial charge in [0.25, 0.3) is 0 Å². The van der Waals surface area contributed by atoms with Gasteiger partial charge in [-0.1, -0.05) is 20.8 Å². The minimum atomic E-state index is -4.60. The van der Waals surface area contributed by atoms with Gasteiger partial charge in [-0.25, -0.2) is 9.78 Å². The number of carboxylic acids is 1. The molecule has 7 heteroatoms. The van der Waals surface area contributed by atoms with E-state index in [1.165, 1.54) is 0 Å². The first-order valence-electron chi connectivity index (χ1n) is 6.24. The lowest BCUT2D eigenvalue weighted by Crippen LogP contribution is -2.27. The van der Waals surface area contributed by atoms with E-state index in [9.17, 15) is 18.0 Å². The lowest BCUT2D eigenvalue weighted by Gasteiger charge is -2.22. The number of carbonyl (C=O) groups is 1. The monoisotopic (exact) mass is 290 g/mol. The van der Waals surface area contributed by atoms with Crippen LogP contribution in [0.2, 0.25) is 0 Å². The molecule has 0 aromatic carbocycles. The number of nitrogens with zero attached hydrogens (tertiary/aromatic N) is 1. The first kappa shape index (κ1) is 16.3. The molecule has 4 nitrogen and oxygen atoms in total. The van der Waals surface area contributed by atoms with Gasteiger partial charge in [0.15, 0.2) is 0 Å². The zero-order valence-corrected chi connectivity index (χ0v) is 11.5. The summed E-state index contributed by atoms with van der Waals surface area (Å²) < 4.78 is 37.9. The molecule has 1 aromatic heterocycles. The predicted octanol–water partition coefficient (Wildman–Crippen LogP) is 3.65. The SMILES string of the molecule is CCC(Nc1nc(C(F)(F)F)ccc1C(=O)O)C(C)C. The number of aromatic nitrogens is 1. The van der Waals surface area contributed by atoms with Gasteiger partial charge in [-0.2, -0.15) is 13.2 Å². The topological polar surface area (TPSA) is 62.2 Å². The van der Waals surface area contributed by atoms with Gasteiger partial charge in [0.05, 0.1) is 0 Å². The molecule has 0 saturated carbocycles. The number of aromatic carboxylic acids is 1. The Morgan fingerprint density at radius 3 is 2.40 bits per heavy atom. The first-order chi connectivity index (χ1) is 9.16. The summed E-state index contributed by atoms with van der Waals surface area (Å²) in [5, 5.41) is 11.8. The summed E-state index contributed by atoms with van der Waals surface area (Å²) in [4.78, 5) is 14.5. The van der Waals surface area contributed by atoms with E-state index in [4.69, 9.17) is 5.11 Å². The van der Waals surface area contributed by atoms with E-state index in [0.717, 1.165) is 6.07 Å². The van der Waals surface area contributed by atoms with Crippen molar-refractivity contribution in [2.75, 3.05) is 5.32 Å². The van der Waals surface area contributed by atoms with Gasteiger partial charge in [0, 0.05) is 6.04 Å². The van der Waals surface area contributed by atoms with Gasteiger partial charge in [0.2, 0.25) is 0 Å². The molecule has 0 fully saturated rings. The Morgan fingerprint density at radius 2 is 2.00 bits per heavy atom. The van der Waals surface area contributed by atoms with E-state index in [1.54, 1.807) is 0 Å². The number of rotatable bonds is 5. The van der Waals surface area contributed by atoms with Crippen LogP contribution in [-0.4, -0.2) is 22.1 Å². The summed E-state index contributed by atoms with van der Waals surface area (Å²) in [6.07, 6.45) is -3.96. The van der Waals surface area contributed by atoms with Crippen LogP contribution in [-0.2, 0) is 6.18 Å². The summed E-state index contributed by atoms with van der Waals surface area (Å²) in [5.41, 5.74) is -1.37. The number of carboxylic acid groups (broad SMARTS) is 1. The molecule has 1 heterocycles. The molecule has 2 N–H and O–H groups in total. The molecule has 20 heavy (non-hydrogen) atoms. The minimum Gasteiger partial charge on any atom is -0.478 e. The standard InChI is InChI=1S/C13H17F3N2O2/c1-4-9(7(2)3)17-11-8(12(19)20)5-6-10(18-11)13(14,15)16/h5-7,9H,4H2,1-3H3,(H,17,18)(H,19,20). The second-order valence-corrected chi connectivity index (χ2v) is 4.80. The van der Waals surface area contributed by atoms with Gasteiger partial charge in [0.1, 0.15) is 17.1 Å². The van der Waals surface area contributed by atoms with Crippen molar-refractivity contribution in [1.29, 1.82) is 0 Å². The summed E-state index contributed by atoms with van der Waals surface area (Å²) >= 11 is 0. The zero-order chi connectivity index (χ0) is 15.5. The van der Waals surface area contributed by atoms with E-state index in [1.807, 2.05) is 20.8 Å². The van der Waals surface area contributed by atoms with Crippen LogP contribution >= 0.6 is 0 Å². The highest BCUT2D eigenvalue weighted by molar-refractivity contribution is 5.93. The smallest absolute Gasteiger partial charge is 0.433 e. The fourth-order valence-electron chi connectivity index (χ4n) is 1.82. The van der Waals surface area contributed by atoms with Crippen LogP contribution in [0.25, 0.3) is 0 Å². The van der Waals surface area contributed by atoms with Crippen molar-refractivity contribution in [3.63, 3.8) is 0 Å². The maximum atomic E-state index is 12.6. The Bertz CT molecular complexity index is 487. The Labute approximate surface area is 115 Å². The van der Waals surface area contributed by atoms with E-state index in [0.29, 0.717) is 12.5 Å². The molecular formula is C13H17F3N2O2. The van der Waals surface area contributed by atoms with E-state index in [2.05, 4.69) is 10.3 Å². The molecule has 1 aromatic rings. The second-order valence-electron chi connectivity index (χ2n) is 4.80. The van der Waals surface area contributed by atoms with Crippen LogP contribution in [0.5, 0.6) is 0 Å². The number of alkyl halides is 3. The third-order valence-corrected chi connectivity index (χ3v) is 2.98. The molecule has 0 aliphatic rings. The molecule has 0 aliphatic carbocycles. The van der Waals surface area contributed by atoms with Gasteiger partial charge in [-0.05, 0) is 24.5 Å².